The van der Waals surface area contributed by atoms with Crippen LogP contribution in [0.5, 0.6) is 0 Å². The number of para-hydroxylation sites is 1. The molecule has 22 heavy (non-hydrogen) atoms. The van der Waals surface area contributed by atoms with E-state index in [0.717, 1.165) is 6.54 Å². The van der Waals surface area contributed by atoms with Gasteiger partial charge in [0.1, 0.15) is 0 Å². The minimum Gasteiger partial charge on any atom is -0.368 e. The molecule has 3 heteroatoms. The Bertz CT molecular complexity index is 618. The topological polar surface area (TPSA) is 19.4 Å². The molecule has 0 aliphatic carbocycles. The van der Waals surface area contributed by atoms with Crippen molar-refractivity contribution in [3.05, 3.63) is 59.9 Å². The van der Waals surface area contributed by atoms with Crippen LogP contribution in [0.4, 0.5) is 5.69 Å². The number of hydrogen-bond donors (Lipinski definition) is 0. The molecule has 0 amide bonds. The van der Waals surface area contributed by atoms with E-state index in [0.29, 0.717) is 6.04 Å². The second-order valence-electron chi connectivity index (χ2n) is 6.40. The lowest BCUT2D eigenvalue weighted by Crippen LogP contribution is -2.44. The Hall–Kier alpha value is -1.87. The van der Waals surface area contributed by atoms with Gasteiger partial charge in [0.2, 0.25) is 0 Å². The van der Waals surface area contributed by atoms with Crippen LogP contribution in [0, 0.1) is 0 Å². The number of benzene rings is 1. The molecule has 2 aliphatic heterocycles. The van der Waals surface area contributed by atoms with Gasteiger partial charge in [-0.2, -0.15) is 0 Å². The molecule has 2 aliphatic rings. The van der Waals surface area contributed by atoms with E-state index in [1.54, 1.807) is 0 Å². The highest BCUT2D eigenvalue weighted by atomic mass is 15.2. The third-order valence-electron chi connectivity index (χ3n) is 5.03. The zero-order valence-electron chi connectivity index (χ0n) is 13.0. The summed E-state index contributed by atoms with van der Waals surface area (Å²) in [4.78, 5) is 9.64. The number of aromatic nitrogens is 1. The first kappa shape index (κ1) is 13.8. The number of hydrogen-bond acceptors (Lipinski definition) is 3. The predicted octanol–water partition coefficient (Wildman–Crippen LogP) is 3.11. The van der Waals surface area contributed by atoms with Gasteiger partial charge >= 0.3 is 0 Å². The van der Waals surface area contributed by atoms with E-state index in [-0.39, 0.29) is 0 Å². The number of likely N-dealkylation sites (tertiary alicyclic amines) is 1. The van der Waals surface area contributed by atoms with Gasteiger partial charge in [-0.3, -0.25) is 9.88 Å². The molecule has 0 spiro atoms. The van der Waals surface area contributed by atoms with Crippen LogP contribution in [-0.2, 0) is 13.0 Å². The molecule has 0 atom stereocenters. The van der Waals surface area contributed by atoms with E-state index in [9.17, 15) is 0 Å². The molecule has 1 aromatic carbocycles. The van der Waals surface area contributed by atoms with Crippen molar-refractivity contribution in [3.8, 4) is 0 Å². The maximum atomic E-state index is 4.45. The molecule has 0 bridgehead atoms. The van der Waals surface area contributed by atoms with Crippen LogP contribution in [0.2, 0.25) is 0 Å². The van der Waals surface area contributed by atoms with Crippen molar-refractivity contribution < 1.29 is 0 Å². The lowest BCUT2D eigenvalue weighted by Gasteiger charge is -2.38. The van der Waals surface area contributed by atoms with Crippen LogP contribution in [-0.4, -0.2) is 35.6 Å². The van der Waals surface area contributed by atoms with E-state index >= 15 is 0 Å². The fourth-order valence-corrected chi connectivity index (χ4v) is 3.85. The molecule has 1 fully saturated rings. The Labute approximate surface area is 132 Å². The number of rotatable bonds is 3. The zero-order chi connectivity index (χ0) is 14.8. The lowest BCUT2D eigenvalue weighted by atomic mass is 10.0. The van der Waals surface area contributed by atoms with Crippen molar-refractivity contribution in [2.24, 2.45) is 0 Å². The first-order valence-electron chi connectivity index (χ1n) is 8.37. The van der Waals surface area contributed by atoms with Crippen molar-refractivity contribution in [1.29, 1.82) is 0 Å². The summed E-state index contributed by atoms with van der Waals surface area (Å²) in [5.41, 5.74) is 4.19. The van der Waals surface area contributed by atoms with Crippen molar-refractivity contribution in [2.75, 3.05) is 24.5 Å². The first-order chi connectivity index (χ1) is 10.9. The van der Waals surface area contributed by atoms with Crippen LogP contribution >= 0.6 is 0 Å². The summed E-state index contributed by atoms with van der Waals surface area (Å²) in [5.74, 6) is 0. The van der Waals surface area contributed by atoms with E-state index in [1.807, 2.05) is 12.3 Å². The fourth-order valence-electron chi connectivity index (χ4n) is 3.85. The molecule has 3 heterocycles. The van der Waals surface area contributed by atoms with Gasteiger partial charge < -0.3 is 4.90 Å². The summed E-state index contributed by atoms with van der Waals surface area (Å²) >= 11 is 0. The van der Waals surface area contributed by atoms with Crippen molar-refractivity contribution in [2.45, 2.75) is 31.8 Å². The third-order valence-corrected chi connectivity index (χ3v) is 5.03. The Balaban J connectivity index is 1.37. The van der Waals surface area contributed by atoms with E-state index in [2.05, 4.69) is 51.2 Å². The number of piperidine rings is 1. The number of fused-ring (bicyclic) bond motifs is 1. The Morgan fingerprint density at radius 3 is 2.59 bits per heavy atom. The Morgan fingerprint density at radius 1 is 0.955 bits per heavy atom. The zero-order valence-corrected chi connectivity index (χ0v) is 13.0. The molecule has 1 aromatic heterocycles. The second-order valence-corrected chi connectivity index (χ2v) is 6.40. The lowest BCUT2D eigenvalue weighted by molar-refractivity contribution is 0.200. The standard InChI is InChI=1S/C19H23N3/c1-2-7-19-16(5-1)8-14-22(19)18-9-12-21(13-10-18)15-17-6-3-4-11-20-17/h1-7,11,18H,8-10,12-15H2. The van der Waals surface area contributed by atoms with Gasteiger partial charge in [-0.15, -0.1) is 0 Å². The van der Waals surface area contributed by atoms with Crippen LogP contribution in [0.15, 0.2) is 48.7 Å². The van der Waals surface area contributed by atoms with E-state index in [4.69, 9.17) is 0 Å². The number of nitrogens with zero attached hydrogens (tertiary/aromatic N) is 3. The summed E-state index contributed by atoms with van der Waals surface area (Å²) in [6, 6.07) is 15.8. The molecule has 0 unspecified atom stereocenters. The highest BCUT2D eigenvalue weighted by Crippen LogP contribution is 2.32. The van der Waals surface area contributed by atoms with Crippen LogP contribution < -0.4 is 4.90 Å². The minimum atomic E-state index is 0.712. The van der Waals surface area contributed by atoms with Gasteiger partial charge in [0, 0.05) is 44.1 Å². The van der Waals surface area contributed by atoms with E-state index < -0.39 is 0 Å². The van der Waals surface area contributed by atoms with Gasteiger partial charge in [-0.05, 0) is 43.0 Å². The average Bonchev–Trinajstić information content (AvgIpc) is 3.01. The normalized spacial score (nSPS) is 19.4. The van der Waals surface area contributed by atoms with E-state index in [1.165, 1.54) is 55.8 Å². The fraction of sp³-hybridized carbons (Fsp3) is 0.421. The average molecular weight is 293 g/mol. The van der Waals surface area contributed by atoms with Crippen molar-refractivity contribution >= 4 is 5.69 Å². The molecule has 1 saturated heterocycles. The smallest absolute Gasteiger partial charge is 0.0543 e. The monoisotopic (exact) mass is 293 g/mol. The van der Waals surface area contributed by atoms with Gasteiger partial charge in [-0.25, -0.2) is 0 Å². The van der Waals surface area contributed by atoms with Gasteiger partial charge in [0.25, 0.3) is 0 Å². The molecule has 114 valence electrons. The Morgan fingerprint density at radius 2 is 1.77 bits per heavy atom. The minimum absolute atomic E-state index is 0.712. The highest BCUT2D eigenvalue weighted by molar-refractivity contribution is 5.58. The summed E-state index contributed by atoms with van der Waals surface area (Å²) < 4.78 is 0. The largest absolute Gasteiger partial charge is 0.368 e. The number of anilines is 1. The molecular weight excluding hydrogens is 270 g/mol. The molecule has 0 N–H and O–H groups in total. The van der Waals surface area contributed by atoms with Crippen molar-refractivity contribution in [3.63, 3.8) is 0 Å². The molecule has 0 saturated carbocycles. The van der Waals surface area contributed by atoms with Gasteiger partial charge in [0.05, 0.1) is 5.69 Å². The van der Waals surface area contributed by atoms with Crippen LogP contribution in [0.1, 0.15) is 24.1 Å². The highest BCUT2D eigenvalue weighted by Gasteiger charge is 2.28. The Kier molecular flexibility index (Phi) is 3.81. The van der Waals surface area contributed by atoms with Crippen LogP contribution in [0.3, 0.4) is 0 Å². The SMILES string of the molecule is c1ccc(CN2CCC(N3CCc4ccccc43)CC2)nc1. The van der Waals surface area contributed by atoms with Gasteiger partial charge in [0.15, 0.2) is 0 Å². The van der Waals surface area contributed by atoms with Crippen molar-refractivity contribution in [1.82, 2.24) is 9.88 Å². The summed E-state index contributed by atoms with van der Waals surface area (Å²) in [7, 11) is 0. The molecular formula is C19H23N3. The maximum absolute atomic E-state index is 4.45. The quantitative estimate of drug-likeness (QED) is 0.867. The van der Waals surface area contributed by atoms with Crippen LogP contribution in [0.25, 0.3) is 0 Å². The summed E-state index contributed by atoms with van der Waals surface area (Å²) in [5, 5.41) is 0. The molecule has 2 aromatic rings. The first-order valence-corrected chi connectivity index (χ1v) is 8.37. The summed E-state index contributed by atoms with van der Waals surface area (Å²) in [6.07, 6.45) is 5.63. The maximum Gasteiger partial charge on any atom is 0.0543 e. The summed E-state index contributed by atoms with van der Waals surface area (Å²) in [6.45, 7) is 4.55. The molecule has 3 nitrogen and oxygen atoms in total. The third kappa shape index (κ3) is 2.73. The second kappa shape index (κ2) is 6.09. The number of pyridine rings is 1. The van der Waals surface area contributed by atoms with Gasteiger partial charge in [-0.1, -0.05) is 24.3 Å². The molecule has 0 radical (unpaired) electrons. The predicted molar refractivity (Wildman–Crippen MR) is 90.0 cm³/mol. The molecule has 4 rings (SSSR count).